The standard InChI is InChI=1S/C17H18ClNO2/c1-19(20,16-7-3-2-4-8-16)13-5-6-14-21-17-11-9-15(18)10-12-17/h2-12H,13-14H2,1H3/b6-5+. The van der Waals surface area contributed by atoms with E-state index >= 15 is 0 Å². The van der Waals surface area contributed by atoms with Gasteiger partial charge in [-0.15, -0.1) is 0 Å². The van der Waals surface area contributed by atoms with E-state index in [2.05, 4.69) is 0 Å². The predicted octanol–water partition coefficient (Wildman–Crippen LogP) is 4.41. The lowest BCUT2D eigenvalue weighted by atomic mass is 10.3. The number of likely N-dealkylation sites (N-methyl/N-ethyl adjacent to an activating group) is 1. The van der Waals surface area contributed by atoms with Gasteiger partial charge in [0.2, 0.25) is 0 Å². The molecule has 110 valence electrons. The Morgan fingerprint density at radius 1 is 1.05 bits per heavy atom. The molecule has 0 fully saturated rings. The van der Waals surface area contributed by atoms with Crippen LogP contribution in [-0.2, 0) is 0 Å². The van der Waals surface area contributed by atoms with E-state index in [0.717, 1.165) is 11.4 Å². The summed E-state index contributed by atoms with van der Waals surface area (Å²) in [5.41, 5.74) is 0.737. The molecule has 0 aliphatic heterocycles. The van der Waals surface area contributed by atoms with Crippen LogP contribution in [0.25, 0.3) is 0 Å². The van der Waals surface area contributed by atoms with Crippen LogP contribution in [0.4, 0.5) is 5.69 Å². The van der Waals surface area contributed by atoms with E-state index in [1.54, 1.807) is 19.2 Å². The molecule has 2 aromatic rings. The summed E-state index contributed by atoms with van der Waals surface area (Å²) in [6.45, 7) is 0.796. The van der Waals surface area contributed by atoms with Crippen molar-refractivity contribution in [2.45, 2.75) is 0 Å². The van der Waals surface area contributed by atoms with Gasteiger partial charge in [-0.1, -0.05) is 29.8 Å². The first-order valence-corrected chi connectivity index (χ1v) is 7.11. The maximum atomic E-state index is 12.4. The molecule has 1 atom stereocenters. The number of halogens is 1. The number of quaternary nitrogens is 1. The number of rotatable bonds is 6. The average molecular weight is 304 g/mol. The molecule has 2 rings (SSSR count). The Hall–Kier alpha value is -1.81. The molecule has 21 heavy (non-hydrogen) atoms. The van der Waals surface area contributed by atoms with E-state index in [4.69, 9.17) is 16.3 Å². The molecule has 3 nitrogen and oxygen atoms in total. The Bertz CT molecular complexity index is 579. The Morgan fingerprint density at radius 3 is 2.38 bits per heavy atom. The molecule has 4 heteroatoms. The third-order valence-electron chi connectivity index (χ3n) is 3.08. The molecule has 0 aliphatic rings. The highest BCUT2D eigenvalue weighted by atomic mass is 35.5. The van der Waals surface area contributed by atoms with E-state index < -0.39 is 4.65 Å². The fourth-order valence-electron chi connectivity index (χ4n) is 1.87. The third-order valence-corrected chi connectivity index (χ3v) is 3.33. The van der Waals surface area contributed by atoms with Gasteiger partial charge >= 0.3 is 0 Å². The van der Waals surface area contributed by atoms with Crippen LogP contribution in [0.2, 0.25) is 5.02 Å². The van der Waals surface area contributed by atoms with Crippen LogP contribution in [0.3, 0.4) is 0 Å². The molecule has 0 N–H and O–H groups in total. The lowest BCUT2D eigenvalue weighted by Crippen LogP contribution is -2.38. The molecule has 0 aromatic heterocycles. The molecule has 0 bridgehead atoms. The second-order valence-electron chi connectivity index (χ2n) is 4.86. The Morgan fingerprint density at radius 2 is 1.71 bits per heavy atom. The number of ether oxygens (including phenoxy) is 1. The minimum atomic E-state index is -0.432. The van der Waals surface area contributed by atoms with Gasteiger partial charge in [0.1, 0.15) is 24.6 Å². The lowest BCUT2D eigenvalue weighted by Gasteiger charge is -2.36. The van der Waals surface area contributed by atoms with Crippen LogP contribution in [0.5, 0.6) is 5.75 Å². The van der Waals surface area contributed by atoms with Crippen molar-refractivity contribution in [2.75, 3.05) is 20.2 Å². The topological polar surface area (TPSA) is 32.3 Å². The van der Waals surface area contributed by atoms with Gasteiger partial charge in [0, 0.05) is 5.02 Å². The Kier molecular flexibility index (Phi) is 5.39. The SMILES string of the molecule is C[N+]([O-])(C/C=C/COc1ccc(Cl)cc1)c1ccccc1. The summed E-state index contributed by atoms with van der Waals surface area (Å²) < 4.78 is 5.09. The number of nitrogens with zero attached hydrogens (tertiary/aromatic N) is 1. The predicted molar refractivity (Wildman–Crippen MR) is 88.5 cm³/mol. The van der Waals surface area contributed by atoms with Gasteiger partial charge in [-0.05, 0) is 48.6 Å². The highest BCUT2D eigenvalue weighted by molar-refractivity contribution is 6.30. The number of para-hydroxylation sites is 1. The van der Waals surface area contributed by atoms with Crippen LogP contribution >= 0.6 is 11.6 Å². The van der Waals surface area contributed by atoms with Crippen molar-refractivity contribution < 1.29 is 4.74 Å². The van der Waals surface area contributed by atoms with Crippen molar-refractivity contribution in [1.82, 2.24) is 4.65 Å². The van der Waals surface area contributed by atoms with E-state index in [9.17, 15) is 5.21 Å². The summed E-state index contributed by atoms with van der Waals surface area (Å²) in [6, 6.07) is 16.5. The van der Waals surface area contributed by atoms with Gasteiger partial charge in [0.05, 0.1) is 7.05 Å². The maximum absolute atomic E-state index is 12.4. The zero-order valence-corrected chi connectivity index (χ0v) is 12.7. The van der Waals surface area contributed by atoms with Gasteiger partial charge in [0.25, 0.3) is 0 Å². The van der Waals surface area contributed by atoms with Gasteiger partial charge < -0.3 is 14.6 Å². The monoisotopic (exact) mass is 303 g/mol. The van der Waals surface area contributed by atoms with Crippen molar-refractivity contribution >= 4 is 17.3 Å². The summed E-state index contributed by atoms with van der Waals surface area (Å²) in [5, 5.41) is 13.1. The lowest BCUT2D eigenvalue weighted by molar-refractivity contribution is 0.362. The summed E-state index contributed by atoms with van der Waals surface area (Å²) in [4.78, 5) is 0. The second-order valence-corrected chi connectivity index (χ2v) is 5.29. The molecule has 2 aromatic carbocycles. The van der Waals surface area contributed by atoms with Gasteiger partial charge in [-0.3, -0.25) is 0 Å². The average Bonchev–Trinajstić information content (AvgIpc) is 2.50. The van der Waals surface area contributed by atoms with Crippen LogP contribution in [0, 0.1) is 5.21 Å². The van der Waals surface area contributed by atoms with Crippen molar-refractivity contribution in [3.8, 4) is 5.75 Å². The highest BCUT2D eigenvalue weighted by Crippen LogP contribution is 2.18. The zero-order valence-electron chi connectivity index (χ0n) is 11.9. The van der Waals surface area contributed by atoms with Crippen molar-refractivity contribution in [1.29, 1.82) is 0 Å². The van der Waals surface area contributed by atoms with Crippen LogP contribution < -0.4 is 9.38 Å². The fraction of sp³-hybridized carbons (Fsp3) is 0.176. The smallest absolute Gasteiger partial charge is 0.132 e. The highest BCUT2D eigenvalue weighted by Gasteiger charge is 2.10. The van der Waals surface area contributed by atoms with E-state index in [-0.39, 0.29) is 0 Å². The van der Waals surface area contributed by atoms with Crippen molar-refractivity contribution in [3.05, 3.63) is 77.0 Å². The summed E-state index contributed by atoms with van der Waals surface area (Å²) >= 11 is 5.80. The summed E-state index contributed by atoms with van der Waals surface area (Å²) in [6.07, 6.45) is 3.70. The van der Waals surface area contributed by atoms with E-state index in [0.29, 0.717) is 18.2 Å². The van der Waals surface area contributed by atoms with Crippen molar-refractivity contribution in [2.24, 2.45) is 0 Å². The maximum Gasteiger partial charge on any atom is 0.132 e. The van der Waals surface area contributed by atoms with E-state index in [1.807, 2.05) is 54.6 Å². The molecule has 0 aliphatic carbocycles. The van der Waals surface area contributed by atoms with Crippen LogP contribution in [-0.4, -0.2) is 20.2 Å². The van der Waals surface area contributed by atoms with Gasteiger partial charge in [-0.25, -0.2) is 0 Å². The minimum absolute atomic E-state index is 0.369. The number of hydrogen-bond donors (Lipinski definition) is 0. The fourth-order valence-corrected chi connectivity index (χ4v) is 1.99. The normalized spacial score (nSPS) is 14.0. The molecule has 0 amide bonds. The van der Waals surface area contributed by atoms with Crippen LogP contribution in [0.1, 0.15) is 0 Å². The van der Waals surface area contributed by atoms with Gasteiger partial charge in [0.15, 0.2) is 0 Å². The summed E-state index contributed by atoms with van der Waals surface area (Å²) in [5.74, 6) is 0.756. The summed E-state index contributed by atoms with van der Waals surface area (Å²) in [7, 11) is 1.64. The molecule has 0 radical (unpaired) electrons. The zero-order chi connectivity index (χ0) is 15.1. The largest absolute Gasteiger partial charge is 0.627 e. The number of hydrogen-bond acceptors (Lipinski definition) is 2. The van der Waals surface area contributed by atoms with Gasteiger partial charge in [-0.2, -0.15) is 0 Å². The molecule has 1 unspecified atom stereocenters. The molecule has 0 saturated heterocycles. The molecule has 0 heterocycles. The number of benzene rings is 2. The quantitative estimate of drug-likeness (QED) is 0.450. The molecular weight excluding hydrogens is 286 g/mol. The Balaban J connectivity index is 1.81. The van der Waals surface area contributed by atoms with Crippen LogP contribution in [0.15, 0.2) is 66.7 Å². The number of hydroxylamine groups is 2. The molecule has 0 saturated carbocycles. The van der Waals surface area contributed by atoms with Crippen molar-refractivity contribution in [3.63, 3.8) is 0 Å². The minimum Gasteiger partial charge on any atom is -0.627 e. The first kappa shape index (κ1) is 15.6. The molecule has 0 spiro atoms. The first-order chi connectivity index (χ1) is 10.1. The third kappa shape index (κ3) is 4.90. The first-order valence-electron chi connectivity index (χ1n) is 6.73. The van der Waals surface area contributed by atoms with E-state index in [1.165, 1.54) is 0 Å². The second kappa shape index (κ2) is 7.27. The molecular formula is C17H18ClNO2. The Labute approximate surface area is 130 Å².